The number of rotatable bonds is 4. The van der Waals surface area contributed by atoms with E-state index in [1.807, 2.05) is 6.92 Å². The van der Waals surface area contributed by atoms with Crippen LogP contribution in [0.15, 0.2) is 30.7 Å². The summed E-state index contributed by atoms with van der Waals surface area (Å²) >= 11 is 0. The van der Waals surface area contributed by atoms with Crippen LogP contribution >= 0.6 is 0 Å². The van der Waals surface area contributed by atoms with E-state index in [4.69, 9.17) is 0 Å². The molecular weight excluding hydrogens is 266 g/mol. The molecule has 0 aliphatic rings. The molecule has 7 heteroatoms. The molecule has 0 aliphatic heterocycles. The molecule has 2 aromatic rings. The van der Waals surface area contributed by atoms with Gasteiger partial charge in [0.05, 0.1) is 23.6 Å². The normalized spacial score (nSPS) is 10.2. The van der Waals surface area contributed by atoms with Crippen molar-refractivity contribution in [3.05, 3.63) is 47.9 Å². The summed E-state index contributed by atoms with van der Waals surface area (Å²) in [5.74, 6) is -1.74. The minimum Gasteiger partial charge on any atom is -0.370 e. The van der Waals surface area contributed by atoms with Gasteiger partial charge in [0, 0.05) is 12.7 Å². The number of nitrogens with one attached hydrogen (secondary N) is 2. The fourth-order valence-electron chi connectivity index (χ4n) is 1.59. The molecule has 5 nitrogen and oxygen atoms in total. The molecular formula is C13H12F2N4O. The van der Waals surface area contributed by atoms with Gasteiger partial charge in [-0.25, -0.2) is 13.8 Å². The topological polar surface area (TPSA) is 66.9 Å². The van der Waals surface area contributed by atoms with Crippen molar-refractivity contribution >= 4 is 17.4 Å². The highest BCUT2D eigenvalue weighted by Gasteiger charge is 2.15. The molecule has 0 aromatic carbocycles. The number of halogens is 2. The summed E-state index contributed by atoms with van der Waals surface area (Å²) in [4.78, 5) is 19.4. The van der Waals surface area contributed by atoms with Gasteiger partial charge in [-0.05, 0) is 19.1 Å². The molecule has 0 fully saturated rings. The minimum atomic E-state index is -0.671. The lowest BCUT2D eigenvalue weighted by atomic mass is 10.2. The molecule has 1 amide bonds. The second kappa shape index (κ2) is 6.05. The lowest BCUT2D eigenvalue weighted by molar-refractivity contribution is 0.102. The average molecular weight is 278 g/mol. The van der Waals surface area contributed by atoms with Crippen molar-refractivity contribution in [3.63, 3.8) is 0 Å². The van der Waals surface area contributed by atoms with Gasteiger partial charge in [0.1, 0.15) is 11.6 Å². The van der Waals surface area contributed by atoms with Crippen LogP contribution in [0.2, 0.25) is 0 Å². The number of hydrogen-bond donors (Lipinski definition) is 2. The summed E-state index contributed by atoms with van der Waals surface area (Å²) in [6.07, 6.45) is 3.32. The van der Waals surface area contributed by atoms with Crippen LogP contribution in [0.25, 0.3) is 0 Å². The van der Waals surface area contributed by atoms with E-state index in [9.17, 15) is 13.6 Å². The summed E-state index contributed by atoms with van der Waals surface area (Å²) in [5.41, 5.74) is -0.0280. The van der Waals surface area contributed by atoms with Crippen LogP contribution in [0.1, 0.15) is 17.3 Å². The van der Waals surface area contributed by atoms with Crippen LogP contribution in [0.4, 0.5) is 20.3 Å². The Hall–Kier alpha value is -2.57. The molecule has 0 bridgehead atoms. The van der Waals surface area contributed by atoms with Crippen LogP contribution < -0.4 is 10.6 Å². The largest absolute Gasteiger partial charge is 0.370 e. The summed E-state index contributed by atoms with van der Waals surface area (Å²) in [5, 5.41) is 5.19. The molecule has 2 rings (SSSR count). The summed E-state index contributed by atoms with van der Waals surface area (Å²) in [7, 11) is 0. The average Bonchev–Trinajstić information content (AvgIpc) is 2.43. The zero-order chi connectivity index (χ0) is 14.5. The molecule has 2 aromatic heterocycles. The monoisotopic (exact) mass is 278 g/mol. The Labute approximate surface area is 114 Å². The number of pyridine rings is 2. The minimum absolute atomic E-state index is 0.00284. The fraction of sp³-hybridized carbons (Fsp3) is 0.154. The Bertz CT molecular complexity index is 634. The number of anilines is 2. The zero-order valence-corrected chi connectivity index (χ0v) is 10.7. The molecule has 0 saturated heterocycles. The van der Waals surface area contributed by atoms with Crippen LogP contribution in [-0.4, -0.2) is 22.4 Å². The number of aromatic nitrogens is 2. The fourth-order valence-corrected chi connectivity index (χ4v) is 1.59. The molecule has 2 N–H and O–H groups in total. The van der Waals surface area contributed by atoms with E-state index >= 15 is 0 Å². The highest BCUT2D eigenvalue weighted by molar-refractivity contribution is 6.07. The Morgan fingerprint density at radius 1 is 1.35 bits per heavy atom. The van der Waals surface area contributed by atoms with E-state index in [-0.39, 0.29) is 17.1 Å². The first kappa shape index (κ1) is 13.9. The van der Waals surface area contributed by atoms with Crippen molar-refractivity contribution < 1.29 is 13.6 Å². The molecule has 0 atom stereocenters. The first-order valence-corrected chi connectivity index (χ1v) is 5.92. The van der Waals surface area contributed by atoms with Crippen LogP contribution in [-0.2, 0) is 0 Å². The molecule has 0 aliphatic carbocycles. The van der Waals surface area contributed by atoms with Crippen LogP contribution in [0.3, 0.4) is 0 Å². The van der Waals surface area contributed by atoms with Gasteiger partial charge in [-0.2, -0.15) is 0 Å². The van der Waals surface area contributed by atoms with Crippen molar-refractivity contribution in [3.8, 4) is 0 Å². The number of nitrogens with zero attached hydrogens (tertiary/aromatic N) is 2. The Balaban J connectivity index is 2.29. The van der Waals surface area contributed by atoms with E-state index in [2.05, 4.69) is 20.6 Å². The van der Waals surface area contributed by atoms with E-state index in [1.54, 1.807) is 0 Å². The van der Waals surface area contributed by atoms with E-state index < -0.39 is 17.5 Å². The first-order chi connectivity index (χ1) is 9.61. The molecule has 2 heterocycles. The zero-order valence-electron chi connectivity index (χ0n) is 10.7. The van der Waals surface area contributed by atoms with Gasteiger partial charge < -0.3 is 10.6 Å². The van der Waals surface area contributed by atoms with Crippen LogP contribution in [0.5, 0.6) is 0 Å². The summed E-state index contributed by atoms with van der Waals surface area (Å²) in [6.45, 7) is 2.33. The summed E-state index contributed by atoms with van der Waals surface area (Å²) in [6, 6.07) is 2.35. The van der Waals surface area contributed by atoms with Gasteiger partial charge in [-0.1, -0.05) is 0 Å². The maximum Gasteiger partial charge on any atom is 0.259 e. The Morgan fingerprint density at radius 3 is 2.85 bits per heavy atom. The van der Waals surface area contributed by atoms with E-state index in [0.717, 1.165) is 18.5 Å². The van der Waals surface area contributed by atoms with Crippen LogP contribution in [0, 0.1) is 11.6 Å². The predicted molar refractivity (Wildman–Crippen MR) is 70.5 cm³/mol. The third-order valence-corrected chi connectivity index (χ3v) is 2.46. The smallest absolute Gasteiger partial charge is 0.259 e. The van der Waals surface area contributed by atoms with Crippen molar-refractivity contribution in [2.75, 3.05) is 17.2 Å². The molecule has 0 saturated carbocycles. The maximum atomic E-state index is 13.4. The van der Waals surface area contributed by atoms with Gasteiger partial charge >= 0.3 is 0 Å². The molecule has 104 valence electrons. The predicted octanol–water partition coefficient (Wildman–Crippen LogP) is 2.44. The second-order valence-corrected chi connectivity index (χ2v) is 3.89. The SMILES string of the molecule is CCNc1ncc(F)cc1C(=O)Nc1ccncc1F. The standard InChI is InChI=1S/C13H12F2N4O/c1-2-17-12-9(5-8(14)6-18-12)13(20)19-11-3-4-16-7-10(11)15/h3-7H,2H2,1H3,(H,17,18)(H,16,19,20). The Morgan fingerprint density at radius 2 is 2.15 bits per heavy atom. The lowest BCUT2D eigenvalue weighted by Crippen LogP contribution is -2.17. The molecule has 20 heavy (non-hydrogen) atoms. The third-order valence-electron chi connectivity index (χ3n) is 2.46. The van der Waals surface area contributed by atoms with Gasteiger partial charge in [0.25, 0.3) is 5.91 Å². The highest BCUT2D eigenvalue weighted by Crippen LogP contribution is 2.17. The third kappa shape index (κ3) is 3.05. The summed E-state index contributed by atoms with van der Waals surface area (Å²) < 4.78 is 26.6. The number of amides is 1. The van der Waals surface area contributed by atoms with Gasteiger partial charge in [0.2, 0.25) is 0 Å². The quantitative estimate of drug-likeness (QED) is 0.901. The van der Waals surface area contributed by atoms with Crippen molar-refractivity contribution in [2.45, 2.75) is 6.92 Å². The van der Waals surface area contributed by atoms with E-state index in [1.165, 1.54) is 12.3 Å². The molecule has 0 unspecified atom stereocenters. The number of carbonyl (C=O) groups excluding carboxylic acids is 1. The molecule has 0 spiro atoms. The first-order valence-electron chi connectivity index (χ1n) is 5.92. The number of carbonyl (C=O) groups is 1. The van der Waals surface area contributed by atoms with Gasteiger partial charge in [0.15, 0.2) is 5.82 Å². The van der Waals surface area contributed by atoms with Crippen molar-refractivity contribution in [1.82, 2.24) is 9.97 Å². The van der Waals surface area contributed by atoms with Crippen molar-refractivity contribution in [2.24, 2.45) is 0 Å². The molecule has 0 radical (unpaired) electrons. The van der Waals surface area contributed by atoms with E-state index in [0.29, 0.717) is 6.54 Å². The van der Waals surface area contributed by atoms with Gasteiger partial charge in [-0.15, -0.1) is 0 Å². The Kier molecular flexibility index (Phi) is 4.19. The lowest BCUT2D eigenvalue weighted by Gasteiger charge is -2.10. The number of hydrogen-bond acceptors (Lipinski definition) is 4. The maximum absolute atomic E-state index is 13.4. The van der Waals surface area contributed by atoms with Gasteiger partial charge in [-0.3, -0.25) is 9.78 Å². The second-order valence-electron chi connectivity index (χ2n) is 3.89. The van der Waals surface area contributed by atoms with Crippen molar-refractivity contribution in [1.29, 1.82) is 0 Å². The highest BCUT2D eigenvalue weighted by atomic mass is 19.1.